The second-order valence-corrected chi connectivity index (χ2v) is 8.81. The highest BCUT2D eigenvalue weighted by Gasteiger charge is 2.28. The maximum Gasteiger partial charge on any atom is 0.134 e. The number of hydrogen-bond acceptors (Lipinski definition) is 1. The molecule has 1 aliphatic rings. The van der Waals surface area contributed by atoms with E-state index in [9.17, 15) is 0 Å². The number of allylic oxidation sites excluding steroid dienone is 3. The molecule has 0 radical (unpaired) electrons. The Kier molecular flexibility index (Phi) is 4.05. The first-order valence-corrected chi connectivity index (χ1v) is 9.28. The highest BCUT2D eigenvalue weighted by Crippen LogP contribution is 2.33. The Bertz CT molecular complexity index is 318. The smallest absolute Gasteiger partial charge is 0.134 e. The third-order valence-electron chi connectivity index (χ3n) is 3.26. The van der Waals surface area contributed by atoms with Crippen molar-refractivity contribution in [3.05, 3.63) is 22.9 Å². The topological polar surface area (TPSA) is 3.24 Å². The molecule has 0 bridgehead atoms. The maximum atomic E-state index is 2.69. The SMILES string of the molecule is CCC1=C(C)CC(N([SiH](C)C)C(C)(C)C)=C1. The lowest BCUT2D eigenvalue weighted by atomic mass is 10.1. The van der Waals surface area contributed by atoms with Crippen molar-refractivity contribution in [2.75, 3.05) is 0 Å². The Labute approximate surface area is 103 Å². The van der Waals surface area contributed by atoms with Gasteiger partial charge < -0.3 is 4.57 Å². The Morgan fingerprint density at radius 3 is 2.19 bits per heavy atom. The van der Waals surface area contributed by atoms with Crippen LogP contribution >= 0.6 is 0 Å². The Morgan fingerprint density at radius 1 is 1.31 bits per heavy atom. The molecule has 0 N–H and O–H groups in total. The molecule has 1 aliphatic carbocycles. The van der Waals surface area contributed by atoms with Crippen LogP contribution in [0.3, 0.4) is 0 Å². The van der Waals surface area contributed by atoms with E-state index in [0.717, 1.165) is 0 Å². The van der Waals surface area contributed by atoms with E-state index < -0.39 is 8.96 Å². The van der Waals surface area contributed by atoms with Gasteiger partial charge in [-0.25, -0.2) is 0 Å². The van der Waals surface area contributed by atoms with Crippen LogP contribution in [0.4, 0.5) is 0 Å². The fraction of sp³-hybridized carbons (Fsp3) is 0.714. The average Bonchev–Trinajstić information content (AvgIpc) is 2.43. The average molecular weight is 237 g/mol. The summed E-state index contributed by atoms with van der Waals surface area (Å²) in [5.41, 5.74) is 4.96. The highest BCUT2D eigenvalue weighted by atomic mass is 28.3. The molecular weight excluding hydrogens is 210 g/mol. The summed E-state index contributed by atoms with van der Waals surface area (Å²) < 4.78 is 2.69. The molecule has 0 fully saturated rings. The van der Waals surface area contributed by atoms with E-state index in [1.54, 1.807) is 16.8 Å². The van der Waals surface area contributed by atoms with Crippen molar-refractivity contribution in [3.63, 3.8) is 0 Å². The molecule has 0 atom stereocenters. The summed E-state index contributed by atoms with van der Waals surface area (Å²) in [6.45, 7) is 16.4. The lowest BCUT2D eigenvalue weighted by Crippen LogP contribution is -2.47. The van der Waals surface area contributed by atoms with E-state index in [0.29, 0.717) is 0 Å². The van der Waals surface area contributed by atoms with Crippen molar-refractivity contribution in [1.82, 2.24) is 4.57 Å². The van der Waals surface area contributed by atoms with Crippen molar-refractivity contribution in [3.8, 4) is 0 Å². The van der Waals surface area contributed by atoms with Crippen LogP contribution in [0.5, 0.6) is 0 Å². The van der Waals surface area contributed by atoms with Gasteiger partial charge in [0.25, 0.3) is 0 Å². The predicted molar refractivity (Wildman–Crippen MR) is 76.2 cm³/mol. The number of nitrogens with zero attached hydrogens (tertiary/aromatic N) is 1. The van der Waals surface area contributed by atoms with Crippen molar-refractivity contribution in [1.29, 1.82) is 0 Å². The van der Waals surface area contributed by atoms with Gasteiger partial charge in [0, 0.05) is 17.7 Å². The molecule has 0 saturated carbocycles. The van der Waals surface area contributed by atoms with E-state index in [4.69, 9.17) is 0 Å². The van der Waals surface area contributed by atoms with Crippen LogP contribution in [0.25, 0.3) is 0 Å². The highest BCUT2D eigenvalue weighted by molar-refractivity contribution is 6.53. The summed E-state index contributed by atoms with van der Waals surface area (Å²) in [6.07, 6.45) is 4.78. The second kappa shape index (κ2) is 4.78. The standard InChI is InChI=1S/C14H27NSi/c1-8-12-10-13(9-11(12)2)15(16(6)7)14(3,4)5/h10,16H,8-9H2,1-7H3. The lowest BCUT2D eigenvalue weighted by Gasteiger charge is -2.42. The molecule has 0 unspecified atom stereocenters. The minimum atomic E-state index is -0.791. The first-order chi connectivity index (χ1) is 7.27. The molecule has 92 valence electrons. The maximum absolute atomic E-state index is 2.69. The largest absolute Gasteiger partial charge is 0.399 e. The van der Waals surface area contributed by atoms with Crippen LogP contribution in [-0.4, -0.2) is 19.1 Å². The van der Waals surface area contributed by atoms with Gasteiger partial charge in [0.15, 0.2) is 0 Å². The first kappa shape index (κ1) is 13.6. The van der Waals surface area contributed by atoms with E-state index in [1.165, 1.54) is 12.8 Å². The lowest BCUT2D eigenvalue weighted by molar-refractivity contribution is 0.298. The first-order valence-electron chi connectivity index (χ1n) is 6.46. The van der Waals surface area contributed by atoms with Gasteiger partial charge in [0.05, 0.1) is 0 Å². The zero-order valence-corrected chi connectivity index (χ0v) is 13.2. The third-order valence-corrected chi connectivity index (χ3v) is 5.40. The van der Waals surface area contributed by atoms with Crippen LogP contribution in [0.2, 0.25) is 13.1 Å². The predicted octanol–water partition coefficient (Wildman–Crippen LogP) is 4.08. The van der Waals surface area contributed by atoms with Crippen molar-refractivity contribution < 1.29 is 0 Å². The molecule has 0 saturated heterocycles. The zero-order valence-electron chi connectivity index (χ0n) is 12.0. The van der Waals surface area contributed by atoms with Gasteiger partial charge in [-0.1, -0.05) is 25.6 Å². The molecule has 1 rings (SSSR count). The summed E-state index contributed by atoms with van der Waals surface area (Å²) in [5, 5.41) is 0. The Balaban J connectivity index is 2.94. The van der Waals surface area contributed by atoms with Crippen molar-refractivity contribution in [2.45, 2.75) is 66.1 Å². The van der Waals surface area contributed by atoms with Crippen LogP contribution in [0.15, 0.2) is 22.9 Å². The molecule has 2 heteroatoms. The number of hydrogen-bond donors (Lipinski definition) is 0. The van der Waals surface area contributed by atoms with Gasteiger partial charge in [-0.2, -0.15) is 0 Å². The van der Waals surface area contributed by atoms with E-state index in [1.807, 2.05) is 0 Å². The van der Waals surface area contributed by atoms with Crippen LogP contribution in [-0.2, 0) is 0 Å². The van der Waals surface area contributed by atoms with E-state index in [-0.39, 0.29) is 5.54 Å². The van der Waals surface area contributed by atoms with Crippen LogP contribution < -0.4 is 0 Å². The van der Waals surface area contributed by atoms with Gasteiger partial charge >= 0.3 is 0 Å². The molecule has 0 aromatic heterocycles. The van der Waals surface area contributed by atoms with Crippen LogP contribution in [0, 0.1) is 0 Å². The monoisotopic (exact) mass is 237 g/mol. The molecule has 1 nitrogen and oxygen atoms in total. The minimum absolute atomic E-state index is 0.274. The van der Waals surface area contributed by atoms with Gasteiger partial charge in [0.1, 0.15) is 8.96 Å². The van der Waals surface area contributed by atoms with Gasteiger partial charge in [-0.05, 0) is 45.8 Å². The second-order valence-electron chi connectivity index (χ2n) is 6.11. The molecule has 0 aromatic rings. The summed E-state index contributed by atoms with van der Waals surface area (Å²) in [4.78, 5) is 0. The Morgan fingerprint density at radius 2 is 1.88 bits per heavy atom. The van der Waals surface area contributed by atoms with Gasteiger partial charge in [-0.15, -0.1) is 0 Å². The van der Waals surface area contributed by atoms with Gasteiger partial charge in [0.2, 0.25) is 0 Å². The summed E-state index contributed by atoms with van der Waals surface area (Å²) in [6, 6.07) is 0. The normalized spacial score (nSPS) is 17.1. The summed E-state index contributed by atoms with van der Waals surface area (Å²) >= 11 is 0. The molecule has 0 heterocycles. The molecule has 0 aromatic carbocycles. The molecular formula is C14H27NSi. The van der Waals surface area contributed by atoms with Crippen molar-refractivity contribution in [2.24, 2.45) is 0 Å². The molecule has 0 aliphatic heterocycles. The number of rotatable bonds is 3. The molecule has 16 heavy (non-hydrogen) atoms. The van der Waals surface area contributed by atoms with Crippen molar-refractivity contribution >= 4 is 8.96 Å². The summed E-state index contributed by atoms with van der Waals surface area (Å²) in [5.74, 6) is 0. The van der Waals surface area contributed by atoms with Gasteiger partial charge in [-0.3, -0.25) is 0 Å². The fourth-order valence-corrected chi connectivity index (χ4v) is 5.23. The Hall–Kier alpha value is -0.503. The molecule has 0 spiro atoms. The summed E-state index contributed by atoms with van der Waals surface area (Å²) in [7, 11) is -0.791. The fourth-order valence-electron chi connectivity index (χ4n) is 2.86. The van der Waals surface area contributed by atoms with E-state index >= 15 is 0 Å². The molecule has 0 amide bonds. The minimum Gasteiger partial charge on any atom is -0.399 e. The third kappa shape index (κ3) is 2.79. The zero-order chi connectivity index (χ0) is 12.5. The van der Waals surface area contributed by atoms with E-state index in [2.05, 4.69) is 58.4 Å². The quantitative estimate of drug-likeness (QED) is 0.668. The van der Waals surface area contributed by atoms with Crippen LogP contribution in [0.1, 0.15) is 47.5 Å².